The summed E-state index contributed by atoms with van der Waals surface area (Å²) in [5.74, 6) is -0.920. The Morgan fingerprint density at radius 2 is 1.70 bits per heavy atom. The predicted octanol–water partition coefficient (Wildman–Crippen LogP) is 4.51. The molecular formula is C21H16FN3O3S2. The molecule has 6 nitrogen and oxygen atoms in total. The highest BCUT2D eigenvalue weighted by molar-refractivity contribution is 7.92. The van der Waals surface area contributed by atoms with Crippen molar-refractivity contribution in [2.24, 2.45) is 0 Å². The molecule has 0 atom stereocenters. The SMILES string of the molecule is CN(c1ccccc1)S(=O)(=O)c1ccc(C(=O)Nc2nc3c(F)cccc3s2)cc1. The van der Waals surface area contributed by atoms with Gasteiger partial charge in [-0.25, -0.2) is 17.8 Å². The Kier molecular flexibility index (Phi) is 5.23. The third-order valence-corrected chi connectivity index (χ3v) is 7.22. The Hall–Kier alpha value is -3.30. The van der Waals surface area contributed by atoms with Gasteiger partial charge >= 0.3 is 0 Å². The lowest BCUT2D eigenvalue weighted by Gasteiger charge is -2.19. The summed E-state index contributed by atoms with van der Waals surface area (Å²) in [4.78, 5) is 16.7. The van der Waals surface area contributed by atoms with Gasteiger partial charge in [-0.3, -0.25) is 14.4 Å². The van der Waals surface area contributed by atoms with Crippen molar-refractivity contribution >= 4 is 48.3 Å². The maximum absolute atomic E-state index is 13.8. The number of carbonyl (C=O) groups excluding carboxylic acids is 1. The van der Waals surface area contributed by atoms with E-state index in [-0.39, 0.29) is 21.1 Å². The standard InChI is InChI=1S/C21H16FN3O3S2/c1-25(15-6-3-2-4-7-15)30(27,28)16-12-10-14(11-13-16)20(26)24-21-23-19-17(22)8-5-9-18(19)29-21/h2-13H,1H3,(H,23,24,26). The van der Waals surface area contributed by atoms with Crippen LogP contribution in [0.4, 0.5) is 15.2 Å². The summed E-state index contributed by atoms with van der Waals surface area (Å²) >= 11 is 1.16. The molecule has 9 heteroatoms. The highest BCUT2D eigenvalue weighted by Crippen LogP contribution is 2.28. The number of sulfonamides is 1. The number of hydrogen-bond donors (Lipinski definition) is 1. The van der Waals surface area contributed by atoms with E-state index in [4.69, 9.17) is 0 Å². The smallest absolute Gasteiger partial charge is 0.264 e. The van der Waals surface area contributed by atoms with Crippen LogP contribution in [0.15, 0.2) is 77.7 Å². The lowest BCUT2D eigenvalue weighted by molar-refractivity contribution is 0.102. The second-order valence-electron chi connectivity index (χ2n) is 6.39. The fraction of sp³-hybridized carbons (Fsp3) is 0.0476. The van der Waals surface area contributed by atoms with Crippen LogP contribution in [0.25, 0.3) is 10.2 Å². The zero-order chi connectivity index (χ0) is 21.3. The minimum atomic E-state index is -3.77. The zero-order valence-corrected chi connectivity index (χ0v) is 17.4. The van der Waals surface area contributed by atoms with Gasteiger partial charge in [-0.15, -0.1) is 0 Å². The average Bonchev–Trinajstić information content (AvgIpc) is 3.17. The van der Waals surface area contributed by atoms with Gasteiger partial charge in [0.15, 0.2) is 5.13 Å². The lowest BCUT2D eigenvalue weighted by Crippen LogP contribution is -2.26. The minimum Gasteiger partial charge on any atom is -0.298 e. The van der Waals surface area contributed by atoms with E-state index in [0.717, 1.165) is 11.3 Å². The summed E-state index contributed by atoms with van der Waals surface area (Å²) in [7, 11) is -2.30. The number of nitrogens with one attached hydrogen (secondary N) is 1. The van der Waals surface area contributed by atoms with Gasteiger partial charge in [-0.1, -0.05) is 35.6 Å². The molecule has 0 saturated carbocycles. The van der Waals surface area contributed by atoms with Crippen LogP contribution in [0.3, 0.4) is 0 Å². The molecule has 0 aliphatic heterocycles. The van der Waals surface area contributed by atoms with Crippen LogP contribution in [0.2, 0.25) is 0 Å². The molecule has 3 aromatic carbocycles. The van der Waals surface area contributed by atoms with Gasteiger partial charge in [-0.05, 0) is 48.5 Å². The second kappa shape index (κ2) is 7.85. The van der Waals surface area contributed by atoms with Gasteiger partial charge in [0.1, 0.15) is 11.3 Å². The summed E-state index contributed by atoms with van der Waals surface area (Å²) in [6, 6.07) is 18.9. The first kappa shape index (κ1) is 20.0. The second-order valence-corrected chi connectivity index (χ2v) is 9.39. The highest BCUT2D eigenvalue weighted by Gasteiger charge is 2.21. The van der Waals surface area contributed by atoms with E-state index in [1.807, 2.05) is 0 Å². The number of rotatable bonds is 5. The van der Waals surface area contributed by atoms with Crippen LogP contribution in [0, 0.1) is 5.82 Å². The maximum atomic E-state index is 13.8. The van der Waals surface area contributed by atoms with Gasteiger partial charge in [0.2, 0.25) is 0 Å². The van der Waals surface area contributed by atoms with Crippen molar-refractivity contribution < 1.29 is 17.6 Å². The van der Waals surface area contributed by atoms with E-state index in [0.29, 0.717) is 10.4 Å². The molecule has 0 unspecified atom stereocenters. The molecule has 152 valence electrons. The molecule has 1 amide bonds. The third kappa shape index (κ3) is 3.77. The number of aromatic nitrogens is 1. The van der Waals surface area contributed by atoms with Crippen molar-refractivity contribution in [1.82, 2.24) is 4.98 Å². The van der Waals surface area contributed by atoms with E-state index < -0.39 is 21.7 Å². The van der Waals surface area contributed by atoms with E-state index in [9.17, 15) is 17.6 Å². The fourth-order valence-electron chi connectivity index (χ4n) is 2.85. The molecule has 30 heavy (non-hydrogen) atoms. The highest BCUT2D eigenvalue weighted by atomic mass is 32.2. The number of para-hydroxylation sites is 2. The summed E-state index contributed by atoms with van der Waals surface area (Å²) in [6.45, 7) is 0. The molecule has 1 N–H and O–H groups in total. The Bertz CT molecular complexity index is 1320. The number of benzene rings is 3. The first-order valence-corrected chi connectivity index (χ1v) is 11.1. The molecule has 0 aliphatic rings. The molecule has 0 bridgehead atoms. The molecule has 0 fully saturated rings. The number of hydrogen-bond acceptors (Lipinski definition) is 5. The Balaban J connectivity index is 1.53. The minimum absolute atomic E-state index is 0.0625. The summed E-state index contributed by atoms with van der Waals surface area (Å²) in [5, 5.41) is 2.89. The fourth-order valence-corrected chi connectivity index (χ4v) is 4.92. The predicted molar refractivity (Wildman–Crippen MR) is 116 cm³/mol. The van der Waals surface area contributed by atoms with Crippen molar-refractivity contribution in [3.8, 4) is 0 Å². The number of anilines is 2. The topological polar surface area (TPSA) is 79.4 Å². The van der Waals surface area contributed by atoms with E-state index >= 15 is 0 Å². The maximum Gasteiger partial charge on any atom is 0.264 e. The number of thiazole rings is 1. The van der Waals surface area contributed by atoms with Crippen LogP contribution in [0.5, 0.6) is 0 Å². The quantitative estimate of drug-likeness (QED) is 0.494. The molecule has 1 aromatic heterocycles. The Labute approximate surface area is 176 Å². The lowest BCUT2D eigenvalue weighted by atomic mass is 10.2. The van der Waals surface area contributed by atoms with Crippen molar-refractivity contribution in [3.05, 3.63) is 84.2 Å². The van der Waals surface area contributed by atoms with E-state index in [1.165, 1.54) is 41.7 Å². The van der Waals surface area contributed by atoms with Crippen LogP contribution < -0.4 is 9.62 Å². The summed E-state index contributed by atoms with van der Waals surface area (Å²) in [6.07, 6.45) is 0. The number of nitrogens with zero attached hydrogens (tertiary/aromatic N) is 2. The van der Waals surface area contributed by atoms with Crippen LogP contribution >= 0.6 is 11.3 Å². The van der Waals surface area contributed by atoms with Crippen molar-refractivity contribution in [3.63, 3.8) is 0 Å². The number of fused-ring (bicyclic) bond motifs is 1. The van der Waals surface area contributed by atoms with Crippen molar-refractivity contribution in [2.45, 2.75) is 4.90 Å². The molecule has 4 aromatic rings. The molecule has 0 spiro atoms. The van der Waals surface area contributed by atoms with E-state index in [1.54, 1.807) is 42.5 Å². The first-order valence-electron chi connectivity index (χ1n) is 8.87. The average molecular weight is 442 g/mol. The van der Waals surface area contributed by atoms with Gasteiger partial charge in [-0.2, -0.15) is 0 Å². The van der Waals surface area contributed by atoms with Crippen LogP contribution in [-0.2, 0) is 10.0 Å². The van der Waals surface area contributed by atoms with Gasteiger partial charge in [0, 0.05) is 12.6 Å². The molecule has 0 aliphatic carbocycles. The van der Waals surface area contributed by atoms with Gasteiger partial charge < -0.3 is 0 Å². The van der Waals surface area contributed by atoms with Crippen LogP contribution in [0.1, 0.15) is 10.4 Å². The molecular weight excluding hydrogens is 425 g/mol. The molecule has 1 heterocycles. The normalized spacial score (nSPS) is 11.4. The van der Waals surface area contributed by atoms with Crippen molar-refractivity contribution in [1.29, 1.82) is 0 Å². The third-order valence-electron chi connectivity index (χ3n) is 4.48. The van der Waals surface area contributed by atoms with Gasteiger partial charge in [0.25, 0.3) is 15.9 Å². The molecule has 0 radical (unpaired) electrons. The largest absolute Gasteiger partial charge is 0.298 e. The number of halogens is 1. The molecule has 0 saturated heterocycles. The van der Waals surface area contributed by atoms with E-state index in [2.05, 4.69) is 10.3 Å². The zero-order valence-electron chi connectivity index (χ0n) is 15.7. The van der Waals surface area contributed by atoms with Crippen LogP contribution in [-0.4, -0.2) is 26.4 Å². The number of carbonyl (C=O) groups is 1. The Morgan fingerprint density at radius 1 is 1.00 bits per heavy atom. The first-order chi connectivity index (χ1) is 14.4. The monoisotopic (exact) mass is 441 g/mol. The summed E-state index contributed by atoms with van der Waals surface area (Å²) in [5.41, 5.74) is 0.988. The molecule has 4 rings (SSSR count). The van der Waals surface area contributed by atoms with Gasteiger partial charge in [0.05, 0.1) is 15.3 Å². The Morgan fingerprint density at radius 3 is 2.37 bits per heavy atom. The van der Waals surface area contributed by atoms with Crippen molar-refractivity contribution in [2.75, 3.05) is 16.7 Å². The summed E-state index contributed by atoms with van der Waals surface area (Å²) < 4.78 is 41.2. The number of amides is 1.